The SMILES string of the molecule is Nc1cc(C(F)(F)F)c2nc1-c1nnc(o1)C(O)CC/C=C\CCO2. The molecule has 0 aromatic carbocycles. The average molecular weight is 356 g/mol. The molecule has 134 valence electrons. The van der Waals surface area contributed by atoms with Gasteiger partial charge < -0.3 is 20.0 Å². The summed E-state index contributed by atoms with van der Waals surface area (Å²) >= 11 is 0. The Kier molecular flexibility index (Phi) is 4.62. The molecule has 3 N–H and O–H groups in total. The van der Waals surface area contributed by atoms with Gasteiger partial charge in [-0.25, -0.2) is 4.98 Å². The summed E-state index contributed by atoms with van der Waals surface area (Å²) in [7, 11) is 0. The minimum absolute atomic E-state index is 0.00751. The molecule has 0 amide bonds. The summed E-state index contributed by atoms with van der Waals surface area (Å²) in [4.78, 5) is 3.83. The molecular weight excluding hydrogens is 341 g/mol. The molecule has 10 heteroatoms. The Hall–Kier alpha value is -2.62. The van der Waals surface area contributed by atoms with Crippen LogP contribution in [0.15, 0.2) is 22.6 Å². The minimum atomic E-state index is -4.67. The van der Waals surface area contributed by atoms with Gasteiger partial charge >= 0.3 is 6.18 Å². The molecular formula is C15H15F3N4O3. The fourth-order valence-electron chi connectivity index (χ4n) is 2.30. The molecule has 1 aliphatic rings. The number of nitrogens with zero attached hydrogens (tertiary/aromatic N) is 3. The van der Waals surface area contributed by atoms with E-state index in [9.17, 15) is 18.3 Å². The Balaban J connectivity index is 2.10. The highest BCUT2D eigenvalue weighted by Crippen LogP contribution is 2.39. The van der Waals surface area contributed by atoms with Gasteiger partial charge in [0.15, 0.2) is 5.69 Å². The molecule has 7 nitrogen and oxygen atoms in total. The van der Waals surface area contributed by atoms with Crippen molar-refractivity contribution in [2.45, 2.75) is 31.5 Å². The first kappa shape index (κ1) is 17.2. The molecule has 1 unspecified atom stereocenters. The molecule has 3 heterocycles. The lowest BCUT2D eigenvalue weighted by molar-refractivity contribution is -0.139. The summed E-state index contributed by atoms with van der Waals surface area (Å²) in [6.45, 7) is 0.00751. The van der Waals surface area contributed by atoms with Crippen LogP contribution in [0.1, 0.15) is 36.8 Å². The highest BCUT2D eigenvalue weighted by Gasteiger charge is 2.37. The van der Waals surface area contributed by atoms with Gasteiger partial charge in [0.05, 0.1) is 12.3 Å². The molecule has 0 fully saturated rings. The largest absolute Gasteiger partial charge is 0.477 e. The van der Waals surface area contributed by atoms with Crippen molar-refractivity contribution in [3.63, 3.8) is 0 Å². The molecule has 0 saturated carbocycles. The van der Waals surface area contributed by atoms with Crippen molar-refractivity contribution in [3.05, 3.63) is 29.7 Å². The van der Waals surface area contributed by atoms with Crippen LogP contribution in [0, 0.1) is 0 Å². The van der Waals surface area contributed by atoms with E-state index in [0.717, 1.165) is 6.07 Å². The summed E-state index contributed by atoms with van der Waals surface area (Å²) in [6.07, 6.45) is -0.816. The van der Waals surface area contributed by atoms with E-state index in [1.54, 1.807) is 12.2 Å². The summed E-state index contributed by atoms with van der Waals surface area (Å²) in [6, 6.07) is 0.722. The molecule has 2 aromatic heterocycles. The van der Waals surface area contributed by atoms with Crippen molar-refractivity contribution >= 4 is 5.69 Å². The van der Waals surface area contributed by atoms with Crippen molar-refractivity contribution in [2.75, 3.05) is 12.3 Å². The number of aromatic nitrogens is 3. The van der Waals surface area contributed by atoms with Gasteiger partial charge in [0, 0.05) is 0 Å². The van der Waals surface area contributed by atoms with E-state index in [0.29, 0.717) is 19.3 Å². The lowest BCUT2D eigenvalue weighted by atomic mass is 10.2. The van der Waals surface area contributed by atoms with Gasteiger partial charge in [-0.3, -0.25) is 0 Å². The van der Waals surface area contributed by atoms with Crippen molar-refractivity contribution in [3.8, 4) is 17.5 Å². The molecule has 1 atom stereocenters. The number of nitrogens with two attached hydrogens (primary N) is 1. The third kappa shape index (κ3) is 3.73. The number of aliphatic hydroxyl groups excluding tert-OH is 1. The number of pyridine rings is 1. The Morgan fingerprint density at radius 2 is 1.96 bits per heavy atom. The van der Waals surface area contributed by atoms with Gasteiger partial charge in [0.2, 0.25) is 11.8 Å². The summed E-state index contributed by atoms with van der Waals surface area (Å²) < 4.78 is 50.1. The van der Waals surface area contributed by atoms with Crippen molar-refractivity contribution in [1.82, 2.24) is 15.2 Å². The van der Waals surface area contributed by atoms with Crippen molar-refractivity contribution in [1.29, 1.82) is 0 Å². The molecule has 2 aromatic rings. The smallest absolute Gasteiger partial charge is 0.421 e. The number of anilines is 1. The van der Waals surface area contributed by atoms with Gasteiger partial charge in [0.1, 0.15) is 11.7 Å². The fraction of sp³-hybridized carbons (Fsp3) is 0.400. The summed E-state index contributed by atoms with van der Waals surface area (Å²) in [5.74, 6) is -0.843. The van der Waals surface area contributed by atoms with Gasteiger partial charge in [0.25, 0.3) is 5.89 Å². The van der Waals surface area contributed by atoms with E-state index >= 15 is 0 Å². The van der Waals surface area contributed by atoms with E-state index in [2.05, 4.69) is 15.2 Å². The number of allylic oxidation sites excluding steroid dienone is 1. The van der Waals surface area contributed by atoms with Crippen LogP contribution in [0.5, 0.6) is 5.88 Å². The number of alkyl halides is 3. The topological polar surface area (TPSA) is 107 Å². The molecule has 25 heavy (non-hydrogen) atoms. The third-order valence-electron chi connectivity index (χ3n) is 3.55. The number of aliphatic hydroxyl groups is 1. The zero-order chi connectivity index (χ0) is 18.0. The first-order valence-electron chi connectivity index (χ1n) is 7.53. The van der Waals surface area contributed by atoms with Gasteiger partial charge in [-0.1, -0.05) is 12.2 Å². The lowest BCUT2D eigenvalue weighted by Gasteiger charge is -2.14. The second-order valence-electron chi connectivity index (χ2n) is 5.42. The lowest BCUT2D eigenvalue weighted by Crippen LogP contribution is -2.12. The van der Waals surface area contributed by atoms with Crippen LogP contribution in [0.25, 0.3) is 11.6 Å². The van der Waals surface area contributed by atoms with Crippen molar-refractivity contribution in [2.24, 2.45) is 0 Å². The standard InChI is InChI=1S/C15H15F3N4O3/c16-15(17,18)8-7-9(19)11-14-22-21-13(25-14)10(23)5-3-1-2-4-6-24-12(8)20-11/h1-2,7,10,23H,3-6,19H2/b2-1-. The number of ether oxygens (including phenoxy) is 1. The number of fused-ring (bicyclic) bond motifs is 5. The fourth-order valence-corrected chi connectivity index (χ4v) is 2.30. The Labute approximate surface area is 140 Å². The van der Waals surface area contributed by atoms with Crippen LogP contribution in [-0.2, 0) is 6.18 Å². The molecule has 3 rings (SSSR count). The first-order chi connectivity index (χ1) is 11.9. The second-order valence-corrected chi connectivity index (χ2v) is 5.42. The number of hydrogen-bond acceptors (Lipinski definition) is 7. The molecule has 1 aliphatic heterocycles. The highest BCUT2D eigenvalue weighted by atomic mass is 19.4. The molecule has 0 radical (unpaired) electrons. The Morgan fingerprint density at radius 3 is 2.72 bits per heavy atom. The van der Waals surface area contributed by atoms with E-state index < -0.39 is 23.7 Å². The minimum Gasteiger partial charge on any atom is -0.477 e. The maximum Gasteiger partial charge on any atom is 0.421 e. The van der Waals surface area contributed by atoms with Gasteiger partial charge in [-0.05, 0) is 25.3 Å². The summed E-state index contributed by atoms with van der Waals surface area (Å²) in [5, 5.41) is 17.4. The normalized spacial score (nSPS) is 19.8. The molecule has 0 saturated heterocycles. The van der Waals surface area contributed by atoms with E-state index in [4.69, 9.17) is 14.9 Å². The number of hydrogen-bond donors (Lipinski definition) is 2. The van der Waals surface area contributed by atoms with Gasteiger partial charge in [-0.15, -0.1) is 10.2 Å². The molecule has 0 aliphatic carbocycles. The number of halogens is 3. The predicted molar refractivity (Wildman–Crippen MR) is 80.4 cm³/mol. The van der Waals surface area contributed by atoms with Crippen molar-refractivity contribution < 1.29 is 27.4 Å². The van der Waals surface area contributed by atoms with Crippen LogP contribution >= 0.6 is 0 Å². The van der Waals surface area contributed by atoms with Crippen LogP contribution in [0.3, 0.4) is 0 Å². The predicted octanol–water partition coefficient (Wildman–Crippen LogP) is 2.88. The maximum absolute atomic E-state index is 13.2. The monoisotopic (exact) mass is 356 g/mol. The highest BCUT2D eigenvalue weighted by molar-refractivity contribution is 5.68. The van der Waals surface area contributed by atoms with Crippen LogP contribution in [0.4, 0.5) is 18.9 Å². The zero-order valence-electron chi connectivity index (χ0n) is 13.0. The first-order valence-corrected chi connectivity index (χ1v) is 7.53. The quantitative estimate of drug-likeness (QED) is 0.699. The van der Waals surface area contributed by atoms with Gasteiger partial charge in [-0.2, -0.15) is 13.2 Å². The van der Waals surface area contributed by atoms with Crippen LogP contribution < -0.4 is 10.5 Å². The zero-order valence-corrected chi connectivity index (χ0v) is 13.0. The third-order valence-corrected chi connectivity index (χ3v) is 3.55. The molecule has 0 spiro atoms. The number of nitrogen functional groups attached to an aromatic ring is 1. The van der Waals surface area contributed by atoms with Crippen LogP contribution in [-0.4, -0.2) is 26.9 Å². The summed E-state index contributed by atoms with van der Waals surface area (Å²) in [5.41, 5.74) is 4.20. The van der Waals surface area contributed by atoms with E-state index in [-0.39, 0.29) is 29.8 Å². The Bertz CT molecular complexity index is 789. The van der Waals surface area contributed by atoms with E-state index in [1.165, 1.54) is 0 Å². The number of rotatable bonds is 0. The second kappa shape index (κ2) is 6.71. The van der Waals surface area contributed by atoms with E-state index in [1.807, 2.05) is 0 Å². The molecule has 4 bridgehead atoms. The average Bonchev–Trinajstić information content (AvgIpc) is 3.02. The van der Waals surface area contributed by atoms with Crippen LogP contribution in [0.2, 0.25) is 0 Å². The Morgan fingerprint density at radius 1 is 1.20 bits per heavy atom. The maximum atomic E-state index is 13.2.